The molecule has 0 unspecified atom stereocenters. The molecule has 1 aliphatic heterocycles. The highest BCUT2D eigenvalue weighted by molar-refractivity contribution is 5.93. The van der Waals surface area contributed by atoms with Crippen LogP contribution in [0.4, 0.5) is 0 Å². The van der Waals surface area contributed by atoms with Gasteiger partial charge in [0.05, 0.1) is 31.7 Å². The maximum absolute atomic E-state index is 11.7. The van der Waals surface area contributed by atoms with Gasteiger partial charge in [-0.2, -0.15) is 0 Å². The minimum Gasteiger partial charge on any atom is -0.430 e. The summed E-state index contributed by atoms with van der Waals surface area (Å²) in [4.78, 5) is 24.0. The van der Waals surface area contributed by atoms with Crippen LogP contribution >= 0.6 is 0 Å². The Balaban J connectivity index is 1.74. The Morgan fingerprint density at radius 2 is 2.06 bits per heavy atom. The van der Waals surface area contributed by atoms with Gasteiger partial charge in [0.25, 0.3) is 5.91 Å². The van der Waals surface area contributed by atoms with Gasteiger partial charge in [0.15, 0.2) is 0 Å². The van der Waals surface area contributed by atoms with Crippen LogP contribution in [0.5, 0.6) is 0 Å². The molecule has 98 valence electrons. The van der Waals surface area contributed by atoms with E-state index in [2.05, 4.69) is 9.73 Å². The summed E-state index contributed by atoms with van der Waals surface area (Å²) in [6, 6.07) is 2.74. The van der Waals surface area contributed by atoms with Crippen molar-refractivity contribution >= 4 is 5.91 Å². The van der Waals surface area contributed by atoms with Crippen molar-refractivity contribution in [1.29, 1.82) is 0 Å². The monoisotopic (exact) mass is 251 g/mol. The summed E-state index contributed by atoms with van der Waals surface area (Å²) in [5.41, 5.74) is -0.0486. The first-order chi connectivity index (χ1) is 8.75. The molecule has 1 saturated heterocycles. The molecule has 0 aliphatic carbocycles. The lowest BCUT2D eigenvalue weighted by Gasteiger charge is -2.23. The largest absolute Gasteiger partial charge is 0.430 e. The highest BCUT2D eigenvalue weighted by Gasteiger charge is 2.13. The number of quaternary nitrogens is 1. The van der Waals surface area contributed by atoms with E-state index >= 15 is 0 Å². The number of nitrogens with one attached hydrogen (secondary N) is 2. The van der Waals surface area contributed by atoms with Gasteiger partial charge in [0, 0.05) is 6.07 Å². The van der Waals surface area contributed by atoms with Crippen LogP contribution in [0.3, 0.4) is 0 Å². The zero-order chi connectivity index (χ0) is 12.8. The molecule has 0 spiro atoms. The van der Waals surface area contributed by atoms with Gasteiger partial charge in [-0.1, -0.05) is 0 Å². The second kappa shape index (κ2) is 6.35. The van der Waals surface area contributed by atoms with Crippen LogP contribution in [0.15, 0.2) is 27.6 Å². The van der Waals surface area contributed by atoms with Crippen LogP contribution in [0.1, 0.15) is 29.6 Å². The van der Waals surface area contributed by atoms with Crippen molar-refractivity contribution in [2.24, 2.45) is 0 Å². The summed E-state index contributed by atoms with van der Waals surface area (Å²) in [7, 11) is 0. The third kappa shape index (κ3) is 3.70. The zero-order valence-corrected chi connectivity index (χ0v) is 10.4. The van der Waals surface area contributed by atoms with E-state index < -0.39 is 5.63 Å². The fourth-order valence-electron chi connectivity index (χ4n) is 2.24. The number of carbonyl (C=O) groups excluding carboxylic acids is 1. The fraction of sp³-hybridized carbons (Fsp3) is 0.538. The fourth-order valence-corrected chi connectivity index (χ4v) is 2.24. The number of hydrogen-bond donors (Lipinski definition) is 2. The molecule has 0 bridgehead atoms. The van der Waals surface area contributed by atoms with E-state index in [1.165, 1.54) is 50.7 Å². The smallest absolute Gasteiger partial charge is 0.335 e. The van der Waals surface area contributed by atoms with Crippen LogP contribution in [0.25, 0.3) is 0 Å². The molecule has 1 aromatic heterocycles. The maximum Gasteiger partial charge on any atom is 0.335 e. The van der Waals surface area contributed by atoms with Gasteiger partial charge in [0.2, 0.25) is 0 Å². The van der Waals surface area contributed by atoms with Gasteiger partial charge >= 0.3 is 5.63 Å². The van der Waals surface area contributed by atoms with E-state index in [9.17, 15) is 9.59 Å². The Morgan fingerprint density at radius 3 is 2.72 bits per heavy atom. The first-order valence-electron chi connectivity index (χ1n) is 6.46. The zero-order valence-electron chi connectivity index (χ0n) is 10.4. The van der Waals surface area contributed by atoms with E-state index in [0.717, 1.165) is 6.54 Å². The lowest BCUT2D eigenvalue weighted by Crippen LogP contribution is -3.13. The lowest BCUT2D eigenvalue weighted by molar-refractivity contribution is -0.903. The highest BCUT2D eigenvalue weighted by Crippen LogP contribution is 1.95. The van der Waals surface area contributed by atoms with Crippen molar-refractivity contribution in [2.45, 2.75) is 19.3 Å². The number of piperidine rings is 1. The highest BCUT2D eigenvalue weighted by atomic mass is 16.4. The number of rotatable bonds is 4. The molecule has 0 atom stereocenters. The summed E-state index contributed by atoms with van der Waals surface area (Å²) in [6.07, 6.45) is 5.10. The third-order valence-corrected chi connectivity index (χ3v) is 3.29. The number of hydrogen-bond acceptors (Lipinski definition) is 3. The van der Waals surface area contributed by atoms with Crippen LogP contribution in [-0.2, 0) is 0 Å². The molecule has 5 heteroatoms. The van der Waals surface area contributed by atoms with Crippen LogP contribution in [0.2, 0.25) is 0 Å². The number of carbonyl (C=O) groups is 1. The summed E-state index contributed by atoms with van der Waals surface area (Å²) in [5.74, 6) is -0.185. The Bertz CT molecular complexity index is 429. The normalized spacial score (nSPS) is 16.4. The predicted octanol–water partition coefficient (Wildman–Crippen LogP) is -0.562. The summed E-state index contributed by atoms with van der Waals surface area (Å²) in [5, 5.41) is 2.84. The molecule has 0 saturated carbocycles. The molecular formula is C13H19N2O3+. The van der Waals surface area contributed by atoms with Gasteiger partial charge < -0.3 is 14.6 Å². The third-order valence-electron chi connectivity index (χ3n) is 3.29. The van der Waals surface area contributed by atoms with E-state index in [4.69, 9.17) is 0 Å². The standard InChI is InChI=1S/C13H18N2O3/c16-12-5-4-11(10-18-12)13(17)14-6-9-15-7-2-1-3-8-15/h4-5,10H,1-3,6-9H2,(H,14,17)/p+1. The summed E-state index contributed by atoms with van der Waals surface area (Å²) in [6.45, 7) is 4.03. The molecule has 2 rings (SSSR count). The van der Waals surface area contributed by atoms with Gasteiger partial charge in [0.1, 0.15) is 6.26 Å². The number of amides is 1. The maximum atomic E-state index is 11.7. The van der Waals surface area contributed by atoms with Crippen molar-refractivity contribution in [1.82, 2.24) is 5.32 Å². The first-order valence-corrected chi connectivity index (χ1v) is 6.46. The minimum absolute atomic E-state index is 0.185. The first kappa shape index (κ1) is 12.8. The molecule has 5 nitrogen and oxygen atoms in total. The quantitative estimate of drug-likeness (QED) is 0.754. The van der Waals surface area contributed by atoms with Crippen LogP contribution < -0.4 is 15.8 Å². The minimum atomic E-state index is -0.440. The van der Waals surface area contributed by atoms with Crippen LogP contribution in [-0.4, -0.2) is 32.1 Å². The SMILES string of the molecule is O=C(NCC[NH+]1CCCCC1)c1ccc(=O)oc1. The Morgan fingerprint density at radius 1 is 1.28 bits per heavy atom. The van der Waals surface area contributed by atoms with Gasteiger partial charge in [-0.25, -0.2) is 4.79 Å². The average Bonchev–Trinajstić information content (AvgIpc) is 2.40. The molecule has 1 aromatic rings. The van der Waals surface area contributed by atoms with Crippen molar-refractivity contribution in [3.63, 3.8) is 0 Å². The molecule has 0 radical (unpaired) electrons. The van der Waals surface area contributed by atoms with Crippen molar-refractivity contribution < 1.29 is 14.1 Å². The molecule has 1 fully saturated rings. The topological polar surface area (TPSA) is 63.8 Å². The molecule has 18 heavy (non-hydrogen) atoms. The molecule has 2 N–H and O–H groups in total. The lowest BCUT2D eigenvalue weighted by atomic mass is 10.1. The van der Waals surface area contributed by atoms with E-state index in [-0.39, 0.29) is 5.91 Å². The molecule has 1 amide bonds. The van der Waals surface area contributed by atoms with Crippen molar-refractivity contribution in [2.75, 3.05) is 26.2 Å². The number of likely N-dealkylation sites (tertiary alicyclic amines) is 1. The molecule has 1 aliphatic rings. The summed E-state index contributed by atoms with van der Waals surface area (Å²) >= 11 is 0. The second-order valence-electron chi connectivity index (χ2n) is 4.66. The van der Waals surface area contributed by atoms with E-state index in [1.54, 1.807) is 4.90 Å². The van der Waals surface area contributed by atoms with Gasteiger partial charge in [-0.15, -0.1) is 0 Å². The second-order valence-corrected chi connectivity index (χ2v) is 4.66. The molecule has 0 aromatic carbocycles. The Kier molecular flexibility index (Phi) is 4.52. The van der Waals surface area contributed by atoms with Gasteiger partial charge in [-0.3, -0.25) is 4.79 Å². The van der Waals surface area contributed by atoms with Crippen molar-refractivity contribution in [3.8, 4) is 0 Å². The predicted molar refractivity (Wildman–Crippen MR) is 66.7 cm³/mol. The van der Waals surface area contributed by atoms with Gasteiger partial charge in [-0.05, 0) is 25.3 Å². The Hall–Kier alpha value is -1.62. The molecule has 2 heterocycles. The van der Waals surface area contributed by atoms with Crippen LogP contribution in [0, 0.1) is 0 Å². The average molecular weight is 251 g/mol. The van der Waals surface area contributed by atoms with Crippen molar-refractivity contribution in [3.05, 3.63) is 34.4 Å². The van der Waals surface area contributed by atoms with E-state index in [0.29, 0.717) is 12.1 Å². The summed E-state index contributed by atoms with van der Waals surface area (Å²) < 4.78 is 4.65. The molecular weight excluding hydrogens is 232 g/mol. The Labute approximate surface area is 106 Å². The van der Waals surface area contributed by atoms with E-state index in [1.807, 2.05) is 0 Å².